The Kier molecular flexibility index (Phi) is 5.94. The first-order valence-corrected chi connectivity index (χ1v) is 10.3. The van der Waals surface area contributed by atoms with E-state index in [-0.39, 0.29) is 12.4 Å². The van der Waals surface area contributed by atoms with Gasteiger partial charge in [0.1, 0.15) is 5.52 Å². The van der Waals surface area contributed by atoms with Crippen molar-refractivity contribution in [3.05, 3.63) is 17.7 Å². The van der Waals surface area contributed by atoms with Gasteiger partial charge >= 0.3 is 6.09 Å². The van der Waals surface area contributed by atoms with Crippen molar-refractivity contribution in [2.45, 2.75) is 32.1 Å². The van der Waals surface area contributed by atoms with Crippen molar-refractivity contribution in [3.8, 4) is 0 Å². The van der Waals surface area contributed by atoms with E-state index < -0.39 is 6.09 Å². The van der Waals surface area contributed by atoms with Gasteiger partial charge in [-0.15, -0.1) is 0 Å². The molecule has 29 heavy (non-hydrogen) atoms. The summed E-state index contributed by atoms with van der Waals surface area (Å²) >= 11 is 0. The molecular weight excluding hydrogens is 374 g/mol. The molecule has 9 heteroatoms. The lowest BCUT2D eigenvalue weighted by molar-refractivity contribution is 0.0976. The third-order valence-corrected chi connectivity index (χ3v) is 5.72. The van der Waals surface area contributed by atoms with Crippen LogP contribution < -0.4 is 10.6 Å². The molecule has 1 aromatic carbocycles. The van der Waals surface area contributed by atoms with Gasteiger partial charge in [0.15, 0.2) is 11.3 Å². The number of aromatic nitrogens is 2. The minimum Gasteiger partial charge on any atom is -0.450 e. The van der Waals surface area contributed by atoms with Gasteiger partial charge in [0.25, 0.3) is 0 Å². The van der Waals surface area contributed by atoms with Gasteiger partial charge in [-0.05, 0) is 61.2 Å². The number of nitrogens with two attached hydrogens (primary N) is 1. The predicted octanol–water partition coefficient (Wildman–Crippen LogP) is 2.20. The van der Waals surface area contributed by atoms with Crippen LogP contribution in [0.15, 0.2) is 16.8 Å². The summed E-state index contributed by atoms with van der Waals surface area (Å²) in [6.07, 6.45) is 3.41. The second-order valence-electron chi connectivity index (χ2n) is 7.95. The Morgan fingerprint density at radius 3 is 2.72 bits per heavy atom. The number of ether oxygens (including phenoxy) is 1. The van der Waals surface area contributed by atoms with Gasteiger partial charge in [-0.2, -0.15) is 0 Å². The van der Waals surface area contributed by atoms with Gasteiger partial charge in [0.2, 0.25) is 0 Å². The summed E-state index contributed by atoms with van der Waals surface area (Å²) in [4.78, 5) is 28.0. The van der Waals surface area contributed by atoms with Crippen LogP contribution in [-0.4, -0.2) is 66.4 Å². The van der Waals surface area contributed by atoms with Crippen LogP contribution in [0.4, 0.5) is 10.5 Å². The maximum absolute atomic E-state index is 12.6. The van der Waals surface area contributed by atoms with Gasteiger partial charge in [-0.1, -0.05) is 0 Å². The van der Waals surface area contributed by atoms with Crippen molar-refractivity contribution in [2.24, 2.45) is 11.7 Å². The molecule has 0 radical (unpaired) electrons. The molecule has 2 aromatic rings. The molecule has 0 saturated carbocycles. The van der Waals surface area contributed by atoms with Gasteiger partial charge in [0.05, 0.1) is 12.3 Å². The number of hydrogen-bond acceptors (Lipinski definition) is 8. The smallest absolute Gasteiger partial charge is 0.404 e. The van der Waals surface area contributed by atoms with Crippen molar-refractivity contribution >= 4 is 28.6 Å². The first-order chi connectivity index (χ1) is 14.1. The van der Waals surface area contributed by atoms with E-state index in [9.17, 15) is 9.59 Å². The fraction of sp³-hybridized carbons (Fsp3) is 0.600. The topological polar surface area (TPSA) is 115 Å². The zero-order chi connectivity index (χ0) is 20.2. The molecule has 0 spiro atoms. The van der Waals surface area contributed by atoms with Crippen LogP contribution >= 0.6 is 0 Å². The summed E-state index contributed by atoms with van der Waals surface area (Å²) in [7, 11) is 0. The third kappa shape index (κ3) is 4.67. The Morgan fingerprint density at radius 1 is 1.17 bits per heavy atom. The lowest BCUT2D eigenvalue weighted by Gasteiger charge is -2.42. The fourth-order valence-electron chi connectivity index (χ4n) is 4.19. The highest BCUT2D eigenvalue weighted by Gasteiger charge is 2.31. The Bertz CT molecular complexity index is 871. The van der Waals surface area contributed by atoms with Crippen LogP contribution in [0.1, 0.15) is 42.5 Å². The van der Waals surface area contributed by atoms with Crippen LogP contribution in [0.2, 0.25) is 0 Å². The summed E-state index contributed by atoms with van der Waals surface area (Å²) in [6, 6.07) is 3.64. The van der Waals surface area contributed by atoms with Crippen molar-refractivity contribution in [1.29, 1.82) is 0 Å². The average Bonchev–Trinajstić information content (AvgIpc) is 3.34. The minimum atomic E-state index is -0.789. The fourth-order valence-corrected chi connectivity index (χ4v) is 4.19. The lowest BCUT2D eigenvalue weighted by Crippen LogP contribution is -2.51. The summed E-state index contributed by atoms with van der Waals surface area (Å²) in [5.74, 6) is 0.678. The van der Waals surface area contributed by atoms with Crippen molar-refractivity contribution in [2.75, 3.05) is 44.2 Å². The Balaban J connectivity index is 1.37. The van der Waals surface area contributed by atoms with E-state index in [0.717, 1.165) is 25.3 Å². The molecule has 0 bridgehead atoms. The maximum Gasteiger partial charge on any atom is 0.404 e. The zero-order valence-electron chi connectivity index (χ0n) is 16.5. The summed E-state index contributed by atoms with van der Waals surface area (Å²) in [5, 5.41) is 7.99. The number of carbonyl (C=O) groups excluding carboxylic acids is 2. The Hall–Kier alpha value is -2.68. The monoisotopic (exact) mass is 401 g/mol. The number of likely N-dealkylation sites (tertiary alicyclic amines) is 1. The number of hydrogen-bond donors (Lipinski definition) is 1. The number of ketones is 1. The standard InChI is InChI=1S/C20H27N5O4/c21-20(27)28-8-4-1-5-18(26)15-9-16-19(23-29-22-16)17(10-15)25-12-14(13-25)11-24-6-2-3-7-24/h9-10,14H,1-8,11-13H2,(H2,21,27). The molecule has 2 saturated heterocycles. The SMILES string of the molecule is NC(=O)OCCCCC(=O)c1cc(N2CC(CN3CCCC3)C2)c2nonc2c1. The normalized spacial score (nSPS) is 17.6. The van der Waals surface area contributed by atoms with E-state index in [2.05, 4.69) is 20.1 Å². The number of carbonyl (C=O) groups is 2. The predicted molar refractivity (Wildman–Crippen MR) is 107 cm³/mol. The zero-order valence-corrected chi connectivity index (χ0v) is 16.5. The number of benzene rings is 1. The van der Waals surface area contributed by atoms with Crippen molar-refractivity contribution in [1.82, 2.24) is 15.2 Å². The molecule has 2 fully saturated rings. The van der Waals surface area contributed by atoms with Crippen LogP contribution in [0.25, 0.3) is 11.0 Å². The van der Waals surface area contributed by atoms with E-state index in [4.69, 9.17) is 15.1 Å². The van der Waals surface area contributed by atoms with E-state index >= 15 is 0 Å². The largest absolute Gasteiger partial charge is 0.450 e. The second kappa shape index (κ2) is 8.77. The highest BCUT2D eigenvalue weighted by atomic mass is 16.6. The van der Waals surface area contributed by atoms with Crippen LogP contribution in [0, 0.1) is 5.92 Å². The van der Waals surface area contributed by atoms with Crippen LogP contribution in [0.3, 0.4) is 0 Å². The number of fused-ring (bicyclic) bond motifs is 1. The molecule has 9 nitrogen and oxygen atoms in total. The second-order valence-corrected chi connectivity index (χ2v) is 7.95. The third-order valence-electron chi connectivity index (χ3n) is 5.72. The Labute approximate surface area is 169 Å². The summed E-state index contributed by atoms with van der Waals surface area (Å²) in [5.41, 5.74) is 7.77. The van der Waals surface area contributed by atoms with E-state index in [1.54, 1.807) is 6.07 Å². The van der Waals surface area contributed by atoms with E-state index in [1.807, 2.05) is 6.07 Å². The van der Waals surface area contributed by atoms with Crippen molar-refractivity contribution < 1.29 is 19.0 Å². The molecule has 3 heterocycles. The van der Waals surface area contributed by atoms with Gasteiger partial charge in [-0.3, -0.25) is 4.79 Å². The molecular formula is C20H27N5O4. The maximum atomic E-state index is 12.6. The number of primary amides is 1. The highest BCUT2D eigenvalue weighted by molar-refractivity contribution is 6.02. The molecule has 2 aliphatic heterocycles. The molecule has 2 N–H and O–H groups in total. The van der Waals surface area contributed by atoms with E-state index in [0.29, 0.717) is 41.8 Å². The molecule has 0 unspecified atom stereocenters. The summed E-state index contributed by atoms with van der Waals surface area (Å²) < 4.78 is 9.62. The van der Waals surface area contributed by atoms with Gasteiger partial charge in [0, 0.05) is 37.5 Å². The highest BCUT2D eigenvalue weighted by Crippen LogP contribution is 2.32. The minimum absolute atomic E-state index is 0.0318. The number of unbranched alkanes of at least 4 members (excludes halogenated alkanes) is 1. The summed E-state index contributed by atoms with van der Waals surface area (Å²) in [6.45, 7) is 5.71. The molecule has 0 aliphatic carbocycles. The van der Waals surface area contributed by atoms with Gasteiger partial charge in [-0.25, -0.2) is 9.42 Å². The van der Waals surface area contributed by atoms with Crippen LogP contribution in [0.5, 0.6) is 0 Å². The van der Waals surface area contributed by atoms with Crippen molar-refractivity contribution in [3.63, 3.8) is 0 Å². The number of anilines is 1. The quantitative estimate of drug-likeness (QED) is 0.502. The molecule has 156 valence electrons. The number of amides is 1. The molecule has 2 aliphatic rings. The first kappa shape index (κ1) is 19.6. The molecule has 1 aromatic heterocycles. The first-order valence-electron chi connectivity index (χ1n) is 10.3. The number of nitrogens with zero attached hydrogens (tertiary/aromatic N) is 4. The van der Waals surface area contributed by atoms with Gasteiger partial charge < -0.3 is 20.3 Å². The lowest BCUT2D eigenvalue weighted by atomic mass is 9.96. The number of Topliss-reactive ketones (excluding diaryl/α,β-unsaturated/α-hetero) is 1. The molecule has 0 atom stereocenters. The Morgan fingerprint density at radius 2 is 1.97 bits per heavy atom. The number of rotatable bonds is 9. The average molecular weight is 401 g/mol. The van der Waals surface area contributed by atoms with E-state index in [1.165, 1.54) is 25.9 Å². The van der Waals surface area contributed by atoms with Crippen LogP contribution in [-0.2, 0) is 4.74 Å². The molecule has 4 rings (SSSR count). The molecule has 1 amide bonds.